The van der Waals surface area contributed by atoms with E-state index in [-0.39, 0.29) is 6.04 Å². The van der Waals surface area contributed by atoms with E-state index in [0.717, 1.165) is 12.5 Å². The van der Waals surface area contributed by atoms with E-state index in [4.69, 9.17) is 0 Å². The SMILES string of the molecule is CCNC(c1ccc(C2CCC2)cc1)c1cccnc1. The second-order valence-corrected chi connectivity index (χ2v) is 5.57. The molecule has 1 unspecified atom stereocenters. The van der Waals surface area contributed by atoms with Gasteiger partial charge in [-0.05, 0) is 48.1 Å². The predicted molar refractivity (Wildman–Crippen MR) is 82.8 cm³/mol. The molecular formula is C18H22N2. The highest BCUT2D eigenvalue weighted by Crippen LogP contribution is 2.36. The van der Waals surface area contributed by atoms with Gasteiger partial charge in [0.25, 0.3) is 0 Å². The van der Waals surface area contributed by atoms with Gasteiger partial charge in [-0.2, -0.15) is 0 Å². The van der Waals surface area contributed by atoms with Gasteiger partial charge < -0.3 is 5.32 Å². The quantitative estimate of drug-likeness (QED) is 0.883. The van der Waals surface area contributed by atoms with E-state index in [1.54, 1.807) is 0 Å². The van der Waals surface area contributed by atoms with Crippen LogP contribution in [0.2, 0.25) is 0 Å². The number of aromatic nitrogens is 1. The van der Waals surface area contributed by atoms with Crippen molar-refractivity contribution in [1.82, 2.24) is 10.3 Å². The third-order valence-electron chi connectivity index (χ3n) is 4.27. The number of pyridine rings is 1. The fourth-order valence-electron chi connectivity index (χ4n) is 2.88. The van der Waals surface area contributed by atoms with Crippen molar-refractivity contribution in [2.45, 2.75) is 38.1 Å². The van der Waals surface area contributed by atoms with Crippen molar-refractivity contribution in [3.8, 4) is 0 Å². The Morgan fingerprint density at radius 1 is 1.15 bits per heavy atom. The minimum absolute atomic E-state index is 0.240. The molecule has 1 fully saturated rings. The molecule has 0 amide bonds. The molecular weight excluding hydrogens is 244 g/mol. The van der Waals surface area contributed by atoms with Crippen LogP contribution in [-0.2, 0) is 0 Å². The predicted octanol–water partition coefficient (Wildman–Crippen LogP) is 4.05. The summed E-state index contributed by atoms with van der Waals surface area (Å²) in [5.74, 6) is 0.806. The molecule has 1 saturated carbocycles. The largest absolute Gasteiger partial charge is 0.306 e. The molecule has 0 bridgehead atoms. The molecule has 104 valence electrons. The maximum atomic E-state index is 4.24. The number of hydrogen-bond acceptors (Lipinski definition) is 2. The first-order chi connectivity index (χ1) is 9.88. The van der Waals surface area contributed by atoms with Crippen molar-refractivity contribution in [3.63, 3.8) is 0 Å². The first kappa shape index (κ1) is 13.3. The van der Waals surface area contributed by atoms with E-state index in [1.807, 2.05) is 18.5 Å². The summed E-state index contributed by atoms with van der Waals surface area (Å²) in [4.78, 5) is 4.24. The number of rotatable bonds is 5. The van der Waals surface area contributed by atoms with Crippen molar-refractivity contribution >= 4 is 0 Å². The molecule has 0 saturated heterocycles. The highest BCUT2D eigenvalue weighted by atomic mass is 14.9. The third-order valence-corrected chi connectivity index (χ3v) is 4.27. The monoisotopic (exact) mass is 266 g/mol. The molecule has 1 aromatic carbocycles. The highest BCUT2D eigenvalue weighted by Gasteiger charge is 2.20. The second-order valence-electron chi connectivity index (χ2n) is 5.57. The Hall–Kier alpha value is -1.67. The van der Waals surface area contributed by atoms with Gasteiger partial charge in [-0.1, -0.05) is 43.7 Å². The van der Waals surface area contributed by atoms with Crippen LogP contribution < -0.4 is 5.32 Å². The van der Waals surface area contributed by atoms with Gasteiger partial charge >= 0.3 is 0 Å². The van der Waals surface area contributed by atoms with Crippen molar-refractivity contribution in [3.05, 3.63) is 65.5 Å². The summed E-state index contributed by atoms with van der Waals surface area (Å²) in [5.41, 5.74) is 4.05. The molecule has 0 aliphatic heterocycles. The van der Waals surface area contributed by atoms with Crippen LogP contribution in [0, 0.1) is 0 Å². The lowest BCUT2D eigenvalue weighted by Crippen LogP contribution is -2.22. The summed E-state index contributed by atoms with van der Waals surface area (Å²) in [5, 5.41) is 3.55. The lowest BCUT2D eigenvalue weighted by molar-refractivity contribution is 0.419. The Kier molecular flexibility index (Phi) is 4.12. The minimum atomic E-state index is 0.240. The molecule has 2 nitrogen and oxygen atoms in total. The average molecular weight is 266 g/mol. The molecule has 20 heavy (non-hydrogen) atoms. The van der Waals surface area contributed by atoms with Gasteiger partial charge in [0, 0.05) is 12.4 Å². The van der Waals surface area contributed by atoms with Crippen molar-refractivity contribution in [2.24, 2.45) is 0 Å². The number of nitrogens with one attached hydrogen (secondary N) is 1. The van der Waals surface area contributed by atoms with Gasteiger partial charge in [0.05, 0.1) is 6.04 Å². The van der Waals surface area contributed by atoms with Crippen LogP contribution in [0.4, 0.5) is 0 Å². The molecule has 0 spiro atoms. The van der Waals surface area contributed by atoms with Crippen molar-refractivity contribution in [1.29, 1.82) is 0 Å². The van der Waals surface area contributed by atoms with E-state index in [2.05, 4.69) is 47.6 Å². The zero-order chi connectivity index (χ0) is 13.8. The van der Waals surface area contributed by atoms with E-state index in [0.29, 0.717) is 0 Å². The molecule has 1 heterocycles. The molecule has 1 aliphatic carbocycles. The smallest absolute Gasteiger partial charge is 0.0591 e. The van der Waals surface area contributed by atoms with Crippen LogP contribution in [0.3, 0.4) is 0 Å². The fraction of sp³-hybridized carbons (Fsp3) is 0.389. The van der Waals surface area contributed by atoms with Crippen LogP contribution in [-0.4, -0.2) is 11.5 Å². The lowest BCUT2D eigenvalue weighted by Gasteiger charge is -2.26. The zero-order valence-electron chi connectivity index (χ0n) is 12.0. The normalized spacial score (nSPS) is 16.6. The third kappa shape index (κ3) is 2.75. The van der Waals surface area contributed by atoms with Crippen molar-refractivity contribution in [2.75, 3.05) is 6.54 Å². The Balaban J connectivity index is 1.83. The molecule has 1 atom stereocenters. The van der Waals surface area contributed by atoms with Crippen LogP contribution in [0.5, 0.6) is 0 Å². The highest BCUT2D eigenvalue weighted by molar-refractivity contribution is 5.33. The minimum Gasteiger partial charge on any atom is -0.306 e. The number of hydrogen-bond donors (Lipinski definition) is 1. The maximum absolute atomic E-state index is 4.24. The number of benzene rings is 1. The number of nitrogens with zero attached hydrogens (tertiary/aromatic N) is 1. The van der Waals surface area contributed by atoms with Gasteiger partial charge in [0.1, 0.15) is 0 Å². The van der Waals surface area contributed by atoms with E-state index in [1.165, 1.54) is 36.0 Å². The van der Waals surface area contributed by atoms with Gasteiger partial charge in [0.2, 0.25) is 0 Å². The Bertz CT molecular complexity index is 529. The van der Waals surface area contributed by atoms with E-state index < -0.39 is 0 Å². The lowest BCUT2D eigenvalue weighted by atomic mass is 9.79. The van der Waals surface area contributed by atoms with Crippen molar-refractivity contribution < 1.29 is 0 Å². The van der Waals surface area contributed by atoms with Gasteiger partial charge in [-0.3, -0.25) is 4.98 Å². The first-order valence-corrected chi connectivity index (χ1v) is 7.61. The second kappa shape index (κ2) is 6.19. The van der Waals surface area contributed by atoms with E-state index >= 15 is 0 Å². The average Bonchev–Trinajstić information content (AvgIpc) is 2.45. The summed E-state index contributed by atoms with van der Waals surface area (Å²) >= 11 is 0. The molecule has 1 aromatic heterocycles. The van der Waals surface area contributed by atoms with Crippen LogP contribution in [0.1, 0.15) is 54.8 Å². The molecule has 1 aliphatic rings. The summed E-state index contributed by atoms with van der Waals surface area (Å²) < 4.78 is 0. The summed E-state index contributed by atoms with van der Waals surface area (Å²) in [6, 6.07) is 13.5. The van der Waals surface area contributed by atoms with Crippen LogP contribution in [0.15, 0.2) is 48.8 Å². The molecule has 2 heteroatoms. The summed E-state index contributed by atoms with van der Waals surface area (Å²) in [6.45, 7) is 3.09. The van der Waals surface area contributed by atoms with Crippen LogP contribution >= 0.6 is 0 Å². The Morgan fingerprint density at radius 3 is 2.50 bits per heavy atom. The molecule has 3 rings (SSSR count). The maximum Gasteiger partial charge on any atom is 0.0591 e. The Labute approximate surface area is 121 Å². The standard InChI is InChI=1S/C18H22N2/c1-2-20-18(17-7-4-12-19-13-17)16-10-8-15(9-11-16)14-5-3-6-14/h4,7-14,18,20H,2-3,5-6H2,1H3. The van der Waals surface area contributed by atoms with Gasteiger partial charge in [-0.15, -0.1) is 0 Å². The molecule has 2 aromatic rings. The van der Waals surface area contributed by atoms with Crippen LogP contribution in [0.25, 0.3) is 0 Å². The van der Waals surface area contributed by atoms with Gasteiger partial charge in [0.15, 0.2) is 0 Å². The zero-order valence-corrected chi connectivity index (χ0v) is 12.0. The summed E-state index contributed by atoms with van der Waals surface area (Å²) in [6.07, 6.45) is 7.89. The molecule has 1 N–H and O–H groups in total. The summed E-state index contributed by atoms with van der Waals surface area (Å²) in [7, 11) is 0. The van der Waals surface area contributed by atoms with E-state index in [9.17, 15) is 0 Å². The fourth-order valence-corrected chi connectivity index (χ4v) is 2.88. The Morgan fingerprint density at radius 2 is 1.95 bits per heavy atom. The first-order valence-electron chi connectivity index (χ1n) is 7.61. The van der Waals surface area contributed by atoms with Gasteiger partial charge in [-0.25, -0.2) is 0 Å². The molecule has 0 radical (unpaired) electrons. The topological polar surface area (TPSA) is 24.9 Å².